The number of pyridine rings is 1. The molecule has 0 spiro atoms. The highest BCUT2D eigenvalue weighted by Gasteiger charge is 2.27. The second-order valence-corrected chi connectivity index (χ2v) is 9.02. The fourth-order valence-electron chi connectivity index (χ4n) is 3.60. The first-order valence-electron chi connectivity index (χ1n) is 10.9. The van der Waals surface area contributed by atoms with Gasteiger partial charge in [-0.2, -0.15) is 0 Å². The number of hydrogen-bond donors (Lipinski definition) is 0. The minimum absolute atomic E-state index is 0.189. The molecule has 2 aromatic heterocycles. The van der Waals surface area contributed by atoms with E-state index in [0.717, 1.165) is 22.7 Å². The van der Waals surface area contributed by atoms with E-state index in [1.807, 2.05) is 57.3 Å². The molecule has 1 aliphatic heterocycles. The normalized spacial score (nSPS) is 16.3. The average Bonchev–Trinajstić information content (AvgIpc) is 3.32. The summed E-state index contributed by atoms with van der Waals surface area (Å²) >= 11 is 0. The molecule has 0 aliphatic carbocycles. The van der Waals surface area contributed by atoms with Crippen molar-refractivity contribution in [3.63, 3.8) is 0 Å². The maximum atomic E-state index is 12.4. The molecule has 1 aromatic carbocycles. The number of aromatic nitrogens is 5. The molecule has 1 atom stereocenters. The summed E-state index contributed by atoms with van der Waals surface area (Å²) in [5.41, 5.74) is 3.44. The molecular weight excluding hydrogens is 420 g/mol. The number of nitrogens with zero attached hydrogens (tertiary/aromatic N) is 6. The van der Waals surface area contributed by atoms with Crippen molar-refractivity contribution in [2.24, 2.45) is 5.92 Å². The monoisotopic (exact) mass is 448 g/mol. The van der Waals surface area contributed by atoms with Crippen LogP contribution in [0.15, 0.2) is 55.0 Å². The fraction of sp³-hybridized carbons (Fsp3) is 0.375. The number of hydrogen-bond acceptors (Lipinski definition) is 7. The highest BCUT2D eigenvalue weighted by atomic mass is 16.6. The Labute approximate surface area is 193 Å². The van der Waals surface area contributed by atoms with Crippen molar-refractivity contribution in [3.8, 4) is 11.4 Å². The van der Waals surface area contributed by atoms with Crippen LogP contribution in [0.3, 0.4) is 0 Å². The van der Waals surface area contributed by atoms with Crippen molar-refractivity contribution >= 4 is 11.7 Å². The van der Waals surface area contributed by atoms with Crippen molar-refractivity contribution in [2.45, 2.75) is 39.9 Å². The van der Waals surface area contributed by atoms with Gasteiger partial charge in [0.05, 0.1) is 11.4 Å². The third-order valence-corrected chi connectivity index (χ3v) is 5.20. The van der Waals surface area contributed by atoms with Gasteiger partial charge in [-0.3, -0.25) is 4.98 Å². The Hall–Kier alpha value is -3.75. The third kappa shape index (κ3) is 5.74. The van der Waals surface area contributed by atoms with Crippen LogP contribution in [0.5, 0.6) is 5.75 Å². The van der Waals surface area contributed by atoms with E-state index in [9.17, 15) is 4.79 Å². The summed E-state index contributed by atoms with van der Waals surface area (Å²) in [6.07, 6.45) is 5.21. The molecule has 1 aliphatic rings. The zero-order valence-electron chi connectivity index (χ0n) is 19.3. The first-order valence-corrected chi connectivity index (χ1v) is 10.9. The van der Waals surface area contributed by atoms with Crippen molar-refractivity contribution in [1.82, 2.24) is 30.1 Å². The molecule has 0 N–H and O–H groups in total. The Bertz CT molecular complexity index is 1100. The number of amides is 1. The van der Waals surface area contributed by atoms with Gasteiger partial charge in [0.1, 0.15) is 24.3 Å². The molecule has 0 bridgehead atoms. The molecule has 3 heterocycles. The highest BCUT2D eigenvalue weighted by molar-refractivity contribution is 5.73. The second kappa shape index (κ2) is 9.40. The quantitative estimate of drug-likeness (QED) is 0.584. The number of carbonyl (C=O) groups is 1. The lowest BCUT2D eigenvalue weighted by molar-refractivity contribution is 0.0251. The molecule has 172 valence electrons. The van der Waals surface area contributed by atoms with Crippen LogP contribution >= 0.6 is 0 Å². The molecule has 9 nitrogen and oxygen atoms in total. The summed E-state index contributed by atoms with van der Waals surface area (Å²) in [4.78, 5) is 18.7. The van der Waals surface area contributed by atoms with Gasteiger partial charge in [0, 0.05) is 19.3 Å². The zero-order valence-corrected chi connectivity index (χ0v) is 19.3. The van der Waals surface area contributed by atoms with Gasteiger partial charge in [-0.1, -0.05) is 19.1 Å². The Kier molecular flexibility index (Phi) is 6.39. The average molecular weight is 449 g/mol. The van der Waals surface area contributed by atoms with Crippen molar-refractivity contribution < 1.29 is 14.3 Å². The number of ether oxygens (including phenoxy) is 2. The molecule has 0 saturated carbocycles. The first-order chi connectivity index (χ1) is 15.8. The predicted octanol–water partition coefficient (Wildman–Crippen LogP) is 3.91. The van der Waals surface area contributed by atoms with Crippen LogP contribution in [-0.4, -0.2) is 54.9 Å². The summed E-state index contributed by atoms with van der Waals surface area (Å²) in [5, 5.41) is 11.1. The molecule has 3 aromatic rings. The van der Waals surface area contributed by atoms with Gasteiger partial charge in [-0.05, 0) is 78.6 Å². The van der Waals surface area contributed by atoms with Gasteiger partial charge in [0.15, 0.2) is 0 Å². The lowest BCUT2D eigenvalue weighted by Gasteiger charge is -2.33. The lowest BCUT2D eigenvalue weighted by Crippen LogP contribution is -2.41. The van der Waals surface area contributed by atoms with Gasteiger partial charge in [-0.15, -0.1) is 5.10 Å². The molecule has 9 heteroatoms. The molecule has 0 radical (unpaired) electrons. The SMILES string of the molecule is CC1CN(C(=O)OC(C)(C)C)CC=C1c1ccc(COc2ccc(-n3cnnn3)cc2)nc1. The topological polar surface area (TPSA) is 95.3 Å². The van der Waals surface area contributed by atoms with Crippen molar-refractivity contribution in [2.75, 3.05) is 13.1 Å². The standard InChI is InChI=1S/C24H28N6O3/c1-17-14-29(23(31)33-24(2,3)4)12-11-22(17)18-5-6-19(25-13-18)15-32-21-9-7-20(8-10-21)30-16-26-27-28-30/h5-11,13,16-17H,12,14-15H2,1-4H3. The number of benzene rings is 1. The summed E-state index contributed by atoms with van der Waals surface area (Å²) in [6.45, 7) is 9.25. The minimum atomic E-state index is -0.497. The van der Waals surface area contributed by atoms with Gasteiger partial charge in [-0.25, -0.2) is 9.48 Å². The van der Waals surface area contributed by atoms with Gasteiger partial charge >= 0.3 is 6.09 Å². The van der Waals surface area contributed by atoms with E-state index in [1.54, 1.807) is 15.9 Å². The largest absolute Gasteiger partial charge is 0.487 e. The molecule has 0 fully saturated rings. The summed E-state index contributed by atoms with van der Waals surface area (Å²) in [6, 6.07) is 11.5. The maximum absolute atomic E-state index is 12.4. The number of tetrazole rings is 1. The van der Waals surface area contributed by atoms with Gasteiger partial charge < -0.3 is 14.4 Å². The van der Waals surface area contributed by atoms with Crippen LogP contribution in [0.1, 0.15) is 39.0 Å². The summed E-state index contributed by atoms with van der Waals surface area (Å²) in [7, 11) is 0. The fourth-order valence-corrected chi connectivity index (χ4v) is 3.60. The first kappa shape index (κ1) is 22.4. The van der Waals surface area contributed by atoms with Crippen LogP contribution in [0, 0.1) is 5.92 Å². The Balaban J connectivity index is 1.34. The van der Waals surface area contributed by atoms with Crippen LogP contribution in [-0.2, 0) is 11.3 Å². The number of rotatable bonds is 5. The van der Waals surface area contributed by atoms with E-state index in [2.05, 4.69) is 39.6 Å². The van der Waals surface area contributed by atoms with Crippen molar-refractivity contribution in [1.29, 1.82) is 0 Å². The Morgan fingerprint density at radius 3 is 2.55 bits per heavy atom. The maximum Gasteiger partial charge on any atom is 0.410 e. The number of carbonyl (C=O) groups excluding carboxylic acids is 1. The predicted molar refractivity (Wildman–Crippen MR) is 123 cm³/mol. The summed E-state index contributed by atoms with van der Waals surface area (Å²) < 4.78 is 12.9. The molecule has 0 saturated heterocycles. The van der Waals surface area contributed by atoms with E-state index in [-0.39, 0.29) is 12.0 Å². The molecule has 1 unspecified atom stereocenters. The van der Waals surface area contributed by atoms with Crippen LogP contribution in [0.2, 0.25) is 0 Å². The van der Waals surface area contributed by atoms with Crippen LogP contribution in [0.4, 0.5) is 4.79 Å². The lowest BCUT2D eigenvalue weighted by atomic mass is 9.91. The van der Waals surface area contributed by atoms with E-state index in [1.165, 1.54) is 5.57 Å². The zero-order chi connectivity index (χ0) is 23.4. The van der Waals surface area contributed by atoms with Crippen molar-refractivity contribution in [3.05, 3.63) is 66.3 Å². The van der Waals surface area contributed by atoms with Gasteiger partial charge in [0.25, 0.3) is 0 Å². The molecular formula is C24H28N6O3. The van der Waals surface area contributed by atoms with Crippen LogP contribution in [0.25, 0.3) is 11.3 Å². The van der Waals surface area contributed by atoms with Crippen LogP contribution < -0.4 is 4.74 Å². The van der Waals surface area contributed by atoms with E-state index in [0.29, 0.717) is 19.7 Å². The highest BCUT2D eigenvalue weighted by Crippen LogP contribution is 2.28. The molecule has 1 amide bonds. The van der Waals surface area contributed by atoms with E-state index >= 15 is 0 Å². The Morgan fingerprint density at radius 2 is 1.94 bits per heavy atom. The van der Waals surface area contributed by atoms with E-state index < -0.39 is 5.60 Å². The smallest absolute Gasteiger partial charge is 0.410 e. The third-order valence-electron chi connectivity index (χ3n) is 5.20. The Morgan fingerprint density at radius 1 is 1.15 bits per heavy atom. The van der Waals surface area contributed by atoms with Gasteiger partial charge in [0.2, 0.25) is 0 Å². The second-order valence-electron chi connectivity index (χ2n) is 9.02. The van der Waals surface area contributed by atoms with E-state index in [4.69, 9.17) is 9.47 Å². The molecule has 33 heavy (non-hydrogen) atoms. The molecule has 4 rings (SSSR count). The summed E-state index contributed by atoms with van der Waals surface area (Å²) in [5.74, 6) is 0.928. The minimum Gasteiger partial charge on any atom is -0.487 e.